The molecule has 5 nitrogen and oxygen atoms in total. The summed E-state index contributed by atoms with van der Waals surface area (Å²) in [6, 6.07) is 3.93. The van der Waals surface area contributed by atoms with Crippen molar-refractivity contribution in [1.29, 1.82) is 0 Å². The number of halogens is 2. The molecule has 0 saturated carbocycles. The Morgan fingerprint density at radius 2 is 2.10 bits per heavy atom. The lowest BCUT2D eigenvalue weighted by molar-refractivity contribution is -0.136. The fraction of sp³-hybridized carbons (Fsp3) is 0.214. The third-order valence-electron chi connectivity index (χ3n) is 3.14. The Morgan fingerprint density at radius 3 is 2.71 bits per heavy atom. The molecule has 0 unspecified atom stereocenters. The average Bonchev–Trinajstić information content (AvgIpc) is 2.38. The van der Waals surface area contributed by atoms with Gasteiger partial charge in [0.15, 0.2) is 0 Å². The van der Waals surface area contributed by atoms with Crippen LogP contribution in [0.25, 0.3) is 5.69 Å². The summed E-state index contributed by atoms with van der Waals surface area (Å²) < 4.78 is 15.2. The zero-order valence-electron chi connectivity index (χ0n) is 11.4. The van der Waals surface area contributed by atoms with E-state index in [0.29, 0.717) is 21.4 Å². The van der Waals surface area contributed by atoms with Gasteiger partial charge in [-0.15, -0.1) is 0 Å². The van der Waals surface area contributed by atoms with Crippen molar-refractivity contribution in [2.24, 2.45) is 0 Å². The lowest BCUT2D eigenvalue weighted by Gasteiger charge is -2.15. The first-order valence-corrected chi connectivity index (χ1v) is 6.87. The highest BCUT2D eigenvalue weighted by Gasteiger charge is 2.17. The zero-order chi connectivity index (χ0) is 15.7. The SMILES string of the molecule is Cc1nc(=O)n(-c2cc(F)ccc2Br)c(C)c1CC(=O)O. The number of hydrogen-bond acceptors (Lipinski definition) is 3. The summed E-state index contributed by atoms with van der Waals surface area (Å²) in [6.45, 7) is 3.20. The number of aryl methyl sites for hydroxylation is 1. The molecule has 0 amide bonds. The number of aromatic nitrogens is 2. The number of rotatable bonds is 3. The Morgan fingerprint density at radius 1 is 1.43 bits per heavy atom. The molecule has 1 N–H and O–H groups in total. The Kier molecular flexibility index (Phi) is 4.22. The van der Waals surface area contributed by atoms with Gasteiger partial charge < -0.3 is 5.11 Å². The first kappa shape index (κ1) is 15.4. The van der Waals surface area contributed by atoms with E-state index in [0.717, 1.165) is 0 Å². The van der Waals surface area contributed by atoms with Crippen molar-refractivity contribution in [3.8, 4) is 5.69 Å². The molecule has 21 heavy (non-hydrogen) atoms. The summed E-state index contributed by atoms with van der Waals surface area (Å²) in [5.74, 6) is -1.52. The minimum Gasteiger partial charge on any atom is -0.481 e. The Balaban J connectivity index is 2.77. The molecule has 0 aliphatic heterocycles. The van der Waals surface area contributed by atoms with Crippen molar-refractivity contribution < 1.29 is 14.3 Å². The second-order valence-electron chi connectivity index (χ2n) is 4.55. The van der Waals surface area contributed by atoms with Crippen LogP contribution in [0.5, 0.6) is 0 Å². The number of carboxylic acids is 1. The quantitative estimate of drug-likeness (QED) is 0.918. The molecule has 0 fully saturated rings. The number of benzene rings is 1. The number of hydrogen-bond donors (Lipinski definition) is 1. The Bertz CT molecular complexity index is 787. The highest BCUT2D eigenvalue weighted by molar-refractivity contribution is 9.10. The van der Waals surface area contributed by atoms with Crippen LogP contribution in [0.2, 0.25) is 0 Å². The molecular weight excluding hydrogens is 343 g/mol. The number of carbonyl (C=O) groups is 1. The lowest BCUT2D eigenvalue weighted by Crippen LogP contribution is -2.27. The van der Waals surface area contributed by atoms with E-state index in [9.17, 15) is 14.0 Å². The van der Waals surface area contributed by atoms with Gasteiger partial charge in [0.2, 0.25) is 0 Å². The van der Waals surface area contributed by atoms with Gasteiger partial charge in [0, 0.05) is 21.4 Å². The zero-order valence-corrected chi connectivity index (χ0v) is 12.9. The predicted molar refractivity (Wildman–Crippen MR) is 78.3 cm³/mol. The van der Waals surface area contributed by atoms with Crippen LogP contribution in [0.15, 0.2) is 27.5 Å². The largest absolute Gasteiger partial charge is 0.481 e. The average molecular weight is 355 g/mol. The smallest absolute Gasteiger partial charge is 0.352 e. The van der Waals surface area contributed by atoms with Gasteiger partial charge in [-0.3, -0.25) is 9.36 Å². The second kappa shape index (κ2) is 5.77. The van der Waals surface area contributed by atoms with Crippen molar-refractivity contribution in [3.05, 3.63) is 55.9 Å². The van der Waals surface area contributed by atoms with Crippen molar-refractivity contribution in [2.75, 3.05) is 0 Å². The molecule has 2 rings (SSSR count). The summed E-state index contributed by atoms with van der Waals surface area (Å²) in [5, 5.41) is 8.96. The van der Waals surface area contributed by atoms with E-state index in [1.165, 1.54) is 22.8 Å². The van der Waals surface area contributed by atoms with E-state index in [1.807, 2.05) is 0 Å². The summed E-state index contributed by atoms with van der Waals surface area (Å²) in [4.78, 5) is 26.9. The summed E-state index contributed by atoms with van der Waals surface area (Å²) >= 11 is 3.26. The van der Waals surface area contributed by atoms with Crippen LogP contribution in [-0.2, 0) is 11.2 Å². The van der Waals surface area contributed by atoms with Crippen LogP contribution in [-0.4, -0.2) is 20.6 Å². The molecule has 0 aliphatic carbocycles. The fourth-order valence-corrected chi connectivity index (χ4v) is 2.57. The van der Waals surface area contributed by atoms with Gasteiger partial charge in [-0.25, -0.2) is 9.18 Å². The van der Waals surface area contributed by atoms with Crippen LogP contribution in [0.3, 0.4) is 0 Å². The van der Waals surface area contributed by atoms with Gasteiger partial charge in [0.25, 0.3) is 0 Å². The van der Waals surface area contributed by atoms with Crippen LogP contribution in [0, 0.1) is 19.7 Å². The monoisotopic (exact) mass is 354 g/mol. The molecule has 0 radical (unpaired) electrons. The molecule has 1 heterocycles. The Hall–Kier alpha value is -2.02. The Labute approximate surface area is 128 Å². The first-order valence-electron chi connectivity index (χ1n) is 6.07. The van der Waals surface area contributed by atoms with Crippen molar-refractivity contribution in [2.45, 2.75) is 20.3 Å². The molecule has 7 heteroatoms. The highest BCUT2D eigenvalue weighted by Crippen LogP contribution is 2.23. The van der Waals surface area contributed by atoms with Gasteiger partial charge >= 0.3 is 11.7 Å². The summed E-state index contributed by atoms with van der Waals surface area (Å²) in [6.07, 6.45) is -0.252. The van der Waals surface area contributed by atoms with Crippen molar-refractivity contribution >= 4 is 21.9 Å². The van der Waals surface area contributed by atoms with Crippen molar-refractivity contribution in [3.63, 3.8) is 0 Å². The highest BCUT2D eigenvalue weighted by atomic mass is 79.9. The van der Waals surface area contributed by atoms with Crippen LogP contribution in [0.4, 0.5) is 4.39 Å². The van der Waals surface area contributed by atoms with Crippen LogP contribution < -0.4 is 5.69 Å². The van der Waals surface area contributed by atoms with Gasteiger partial charge in [0.05, 0.1) is 12.1 Å². The molecule has 1 aromatic carbocycles. The first-order chi connectivity index (χ1) is 9.81. The van der Waals surface area contributed by atoms with E-state index >= 15 is 0 Å². The maximum atomic E-state index is 13.4. The predicted octanol–water partition coefficient (Wildman–Crippen LogP) is 2.38. The minimum absolute atomic E-state index is 0.252. The van der Waals surface area contributed by atoms with E-state index in [4.69, 9.17) is 5.11 Å². The number of carboxylic acid groups (broad SMARTS) is 1. The third kappa shape index (κ3) is 3.02. The molecule has 0 saturated heterocycles. The molecule has 0 aliphatic rings. The van der Waals surface area contributed by atoms with Crippen molar-refractivity contribution in [1.82, 2.24) is 9.55 Å². The molecule has 1 aromatic heterocycles. The van der Waals surface area contributed by atoms with E-state index in [1.54, 1.807) is 13.8 Å². The normalized spacial score (nSPS) is 10.7. The van der Waals surface area contributed by atoms with E-state index < -0.39 is 17.5 Å². The third-order valence-corrected chi connectivity index (χ3v) is 3.81. The fourth-order valence-electron chi connectivity index (χ4n) is 2.15. The molecule has 110 valence electrons. The van der Waals surface area contributed by atoms with Gasteiger partial charge in [0.1, 0.15) is 5.82 Å². The standard InChI is InChI=1S/C14H12BrFN2O3/c1-7-10(6-13(19)20)8(2)18(14(21)17-7)12-5-9(16)3-4-11(12)15/h3-5H,6H2,1-2H3,(H,19,20). The topological polar surface area (TPSA) is 72.2 Å². The maximum Gasteiger partial charge on any atom is 0.352 e. The lowest BCUT2D eigenvalue weighted by atomic mass is 10.1. The molecule has 2 aromatic rings. The van der Waals surface area contributed by atoms with Gasteiger partial charge in [-0.2, -0.15) is 4.98 Å². The van der Waals surface area contributed by atoms with E-state index in [-0.39, 0.29) is 12.1 Å². The minimum atomic E-state index is -1.02. The molecule has 0 bridgehead atoms. The van der Waals surface area contributed by atoms with E-state index in [2.05, 4.69) is 20.9 Å². The second-order valence-corrected chi connectivity index (χ2v) is 5.40. The van der Waals surface area contributed by atoms with Crippen LogP contribution >= 0.6 is 15.9 Å². The van der Waals surface area contributed by atoms with Crippen LogP contribution in [0.1, 0.15) is 17.0 Å². The molecular formula is C14H12BrFN2O3. The van der Waals surface area contributed by atoms with Gasteiger partial charge in [-0.1, -0.05) is 0 Å². The summed E-state index contributed by atoms with van der Waals surface area (Å²) in [5.41, 5.74) is 0.949. The maximum absolute atomic E-state index is 13.4. The van der Waals surface area contributed by atoms with Gasteiger partial charge in [-0.05, 0) is 48.0 Å². The molecule has 0 spiro atoms. The molecule has 0 atom stereocenters. The summed E-state index contributed by atoms with van der Waals surface area (Å²) in [7, 11) is 0. The number of nitrogens with zero attached hydrogens (tertiary/aromatic N) is 2. The number of aliphatic carboxylic acids is 1.